The topological polar surface area (TPSA) is 55.2 Å². The minimum Gasteiger partial charge on any atom is -0.329 e. The van der Waals surface area contributed by atoms with Gasteiger partial charge in [-0.25, -0.2) is 4.68 Å². The molecule has 1 saturated carbocycles. The van der Waals surface area contributed by atoms with Crippen LogP contribution in [-0.4, -0.2) is 26.6 Å². The Morgan fingerprint density at radius 1 is 1.23 bits per heavy atom. The van der Waals surface area contributed by atoms with Gasteiger partial charge in [0.25, 0.3) is 5.91 Å². The van der Waals surface area contributed by atoms with Crippen LogP contribution < -0.4 is 5.43 Å². The molecule has 9 heteroatoms. The van der Waals surface area contributed by atoms with Gasteiger partial charge < -0.3 is 4.90 Å². The molecule has 0 atom stereocenters. The molecule has 0 bridgehead atoms. The van der Waals surface area contributed by atoms with Crippen LogP contribution in [0.1, 0.15) is 39.5 Å². The van der Waals surface area contributed by atoms with Crippen LogP contribution in [0.25, 0.3) is 5.69 Å². The fraction of sp³-hybridized carbons (Fsp3) is 0.286. The lowest BCUT2D eigenvalue weighted by atomic mass is 10.1. The molecule has 30 heavy (non-hydrogen) atoms. The van der Waals surface area contributed by atoms with Crippen LogP contribution in [0.2, 0.25) is 0 Å². The molecule has 1 fully saturated rings. The van der Waals surface area contributed by atoms with Gasteiger partial charge in [-0.15, -0.1) is 11.3 Å². The minimum absolute atomic E-state index is 0.0121. The second-order valence-corrected chi connectivity index (χ2v) is 8.20. The average molecular weight is 433 g/mol. The third kappa shape index (κ3) is 4.02. The summed E-state index contributed by atoms with van der Waals surface area (Å²) in [4.78, 5) is 28.3. The van der Waals surface area contributed by atoms with Gasteiger partial charge in [0.2, 0.25) is 5.43 Å². The van der Waals surface area contributed by atoms with E-state index in [-0.39, 0.29) is 23.1 Å². The number of thiophene rings is 1. The lowest BCUT2D eigenvalue weighted by molar-refractivity contribution is -0.137. The van der Waals surface area contributed by atoms with Crippen LogP contribution in [-0.2, 0) is 12.7 Å². The van der Waals surface area contributed by atoms with Crippen LogP contribution in [0.3, 0.4) is 0 Å². The van der Waals surface area contributed by atoms with Crippen molar-refractivity contribution in [2.24, 2.45) is 0 Å². The van der Waals surface area contributed by atoms with E-state index >= 15 is 0 Å². The summed E-state index contributed by atoms with van der Waals surface area (Å²) in [6.45, 7) is 1.83. The average Bonchev–Trinajstić information content (AvgIpc) is 3.40. The van der Waals surface area contributed by atoms with Crippen molar-refractivity contribution in [3.8, 4) is 5.69 Å². The summed E-state index contributed by atoms with van der Waals surface area (Å²) in [6, 6.07) is 9.90. The van der Waals surface area contributed by atoms with Crippen molar-refractivity contribution in [1.29, 1.82) is 0 Å². The first-order valence-corrected chi connectivity index (χ1v) is 10.2. The maximum atomic E-state index is 13.5. The smallest absolute Gasteiger partial charge is 0.329 e. The number of carbonyl (C=O) groups is 1. The Morgan fingerprint density at radius 2 is 1.97 bits per heavy atom. The van der Waals surface area contributed by atoms with Crippen molar-refractivity contribution in [1.82, 2.24) is 14.7 Å². The number of aromatic nitrogens is 2. The van der Waals surface area contributed by atoms with Gasteiger partial charge in [0.05, 0.1) is 17.8 Å². The standard InChI is InChI=1S/C21H18F3N3O2S/c1-13-11-18(28)19(20(29)26(14-8-9-14)12-15-5-4-10-30-15)25-27(13)17-7-3-2-6-16(17)21(22,23)24/h2-7,10-11,14H,8-9,12H2,1H3. The Balaban J connectivity index is 1.77. The first-order valence-electron chi connectivity index (χ1n) is 9.36. The number of nitrogens with zero attached hydrogens (tertiary/aromatic N) is 3. The third-order valence-electron chi connectivity index (χ3n) is 4.90. The highest BCUT2D eigenvalue weighted by molar-refractivity contribution is 7.09. The van der Waals surface area contributed by atoms with Crippen LogP contribution in [0.5, 0.6) is 0 Å². The van der Waals surface area contributed by atoms with E-state index in [0.29, 0.717) is 6.54 Å². The number of hydrogen-bond acceptors (Lipinski definition) is 4. The van der Waals surface area contributed by atoms with Gasteiger partial charge in [-0.05, 0) is 43.3 Å². The van der Waals surface area contributed by atoms with Crippen molar-refractivity contribution in [3.05, 3.63) is 79.9 Å². The van der Waals surface area contributed by atoms with E-state index in [9.17, 15) is 22.8 Å². The number of hydrogen-bond donors (Lipinski definition) is 0. The molecule has 1 aliphatic rings. The molecule has 0 radical (unpaired) electrons. The molecule has 4 rings (SSSR count). The zero-order valence-electron chi connectivity index (χ0n) is 16.0. The SMILES string of the molecule is Cc1cc(=O)c(C(=O)N(Cc2cccs2)C2CC2)nn1-c1ccccc1C(F)(F)F. The second kappa shape index (κ2) is 7.71. The molecule has 0 saturated heterocycles. The summed E-state index contributed by atoms with van der Waals surface area (Å²) in [5, 5.41) is 5.99. The second-order valence-electron chi connectivity index (χ2n) is 7.17. The molecular formula is C21H18F3N3O2S. The molecule has 0 aliphatic heterocycles. The maximum absolute atomic E-state index is 13.5. The van der Waals surface area contributed by atoms with E-state index in [4.69, 9.17) is 0 Å². The van der Waals surface area contributed by atoms with E-state index in [0.717, 1.165) is 34.5 Å². The summed E-state index contributed by atoms with van der Waals surface area (Å²) in [5.74, 6) is -0.561. The molecule has 1 amide bonds. The van der Waals surface area contributed by atoms with E-state index in [1.165, 1.54) is 36.5 Å². The van der Waals surface area contributed by atoms with Crippen LogP contribution in [0, 0.1) is 6.92 Å². The van der Waals surface area contributed by atoms with Gasteiger partial charge in [-0.1, -0.05) is 18.2 Å². The van der Waals surface area contributed by atoms with Gasteiger partial charge in [-0.3, -0.25) is 9.59 Å². The predicted octanol–water partition coefficient (Wildman–Crippen LogP) is 4.43. The Hall–Kier alpha value is -2.94. The molecule has 0 spiro atoms. The molecule has 3 aromatic rings. The number of para-hydroxylation sites is 1. The Kier molecular flexibility index (Phi) is 5.23. The summed E-state index contributed by atoms with van der Waals surface area (Å²) in [7, 11) is 0. The molecule has 1 aromatic carbocycles. The highest BCUT2D eigenvalue weighted by Gasteiger charge is 2.36. The highest BCUT2D eigenvalue weighted by atomic mass is 32.1. The quantitative estimate of drug-likeness (QED) is 0.598. The van der Waals surface area contributed by atoms with Gasteiger partial charge >= 0.3 is 6.18 Å². The number of aryl methyl sites for hydroxylation is 1. The summed E-state index contributed by atoms with van der Waals surface area (Å²) in [5.41, 5.74) is -1.88. The Bertz CT molecular complexity index is 1140. The molecule has 0 unspecified atom stereocenters. The fourth-order valence-electron chi connectivity index (χ4n) is 3.30. The summed E-state index contributed by atoms with van der Waals surface area (Å²) >= 11 is 1.50. The van der Waals surface area contributed by atoms with Gasteiger partial charge in [0.1, 0.15) is 0 Å². The molecule has 2 heterocycles. The van der Waals surface area contributed by atoms with E-state index in [1.807, 2.05) is 17.5 Å². The zero-order chi connectivity index (χ0) is 21.5. The molecular weight excluding hydrogens is 415 g/mol. The number of alkyl halides is 3. The molecule has 1 aliphatic carbocycles. The lowest BCUT2D eigenvalue weighted by Crippen LogP contribution is -2.37. The van der Waals surface area contributed by atoms with Gasteiger partial charge in [-0.2, -0.15) is 18.3 Å². The first-order chi connectivity index (χ1) is 14.3. The van der Waals surface area contributed by atoms with E-state index in [1.54, 1.807) is 4.90 Å². The van der Waals surface area contributed by atoms with Crippen LogP contribution >= 0.6 is 11.3 Å². The summed E-state index contributed by atoms with van der Waals surface area (Å²) < 4.78 is 41.5. The van der Waals surface area contributed by atoms with Crippen LogP contribution in [0.15, 0.2) is 52.6 Å². The largest absolute Gasteiger partial charge is 0.418 e. The van der Waals surface area contributed by atoms with Crippen LogP contribution in [0.4, 0.5) is 13.2 Å². The number of halogens is 3. The lowest BCUT2D eigenvalue weighted by Gasteiger charge is -2.22. The molecule has 5 nitrogen and oxygen atoms in total. The highest BCUT2D eigenvalue weighted by Crippen LogP contribution is 2.34. The molecule has 2 aromatic heterocycles. The van der Waals surface area contributed by atoms with Crippen molar-refractivity contribution in [2.75, 3.05) is 0 Å². The Labute approximate surface area is 174 Å². The van der Waals surface area contributed by atoms with Gasteiger partial charge in [0.15, 0.2) is 5.69 Å². The maximum Gasteiger partial charge on any atom is 0.418 e. The Morgan fingerprint density at radius 3 is 2.60 bits per heavy atom. The number of carbonyl (C=O) groups excluding carboxylic acids is 1. The summed E-state index contributed by atoms with van der Waals surface area (Å²) in [6.07, 6.45) is -2.95. The first kappa shape index (κ1) is 20.3. The number of benzene rings is 1. The fourth-order valence-corrected chi connectivity index (χ4v) is 4.00. The van der Waals surface area contributed by atoms with Crippen molar-refractivity contribution in [2.45, 2.75) is 38.5 Å². The zero-order valence-corrected chi connectivity index (χ0v) is 16.8. The van der Waals surface area contributed by atoms with Crippen molar-refractivity contribution in [3.63, 3.8) is 0 Å². The van der Waals surface area contributed by atoms with E-state index < -0.39 is 23.1 Å². The molecule has 0 N–H and O–H groups in total. The minimum atomic E-state index is -4.60. The number of rotatable bonds is 5. The van der Waals surface area contributed by atoms with E-state index in [2.05, 4.69) is 5.10 Å². The monoisotopic (exact) mass is 433 g/mol. The number of amides is 1. The van der Waals surface area contributed by atoms with Crippen molar-refractivity contribution >= 4 is 17.2 Å². The van der Waals surface area contributed by atoms with Crippen molar-refractivity contribution < 1.29 is 18.0 Å². The predicted molar refractivity (Wildman–Crippen MR) is 107 cm³/mol. The third-order valence-corrected chi connectivity index (χ3v) is 5.76. The normalized spacial score (nSPS) is 14.0. The molecule has 156 valence electrons. The van der Waals surface area contributed by atoms with Gasteiger partial charge in [0, 0.05) is 22.7 Å².